The predicted molar refractivity (Wildman–Crippen MR) is 103 cm³/mol. The van der Waals surface area contributed by atoms with Gasteiger partial charge in [0.2, 0.25) is 0 Å². The van der Waals surface area contributed by atoms with E-state index in [1.54, 1.807) is 0 Å². The van der Waals surface area contributed by atoms with Crippen LogP contribution in [0.1, 0.15) is 17.2 Å². The van der Waals surface area contributed by atoms with Crippen LogP contribution in [-0.2, 0) is 16.1 Å². The highest BCUT2D eigenvalue weighted by Crippen LogP contribution is 2.27. The Morgan fingerprint density at radius 3 is 2.30 bits per heavy atom. The highest BCUT2D eigenvalue weighted by atomic mass is 16.5. The molecule has 1 unspecified atom stereocenters. The van der Waals surface area contributed by atoms with E-state index in [0.29, 0.717) is 24.4 Å². The van der Waals surface area contributed by atoms with Crippen molar-refractivity contribution < 1.29 is 14.3 Å². The molecule has 0 fully saturated rings. The van der Waals surface area contributed by atoms with Gasteiger partial charge in [0.15, 0.2) is 0 Å². The zero-order valence-corrected chi connectivity index (χ0v) is 15.4. The lowest BCUT2D eigenvalue weighted by molar-refractivity contribution is -0.136. The molecule has 1 atom stereocenters. The molecule has 1 heterocycles. The van der Waals surface area contributed by atoms with Gasteiger partial charge in [-0.2, -0.15) is 0 Å². The Kier molecular flexibility index (Phi) is 5.88. The van der Waals surface area contributed by atoms with E-state index in [-0.39, 0.29) is 6.03 Å². The van der Waals surface area contributed by atoms with E-state index < -0.39 is 12.0 Å². The zero-order chi connectivity index (χ0) is 19.2. The standard InChI is InChI=1S/C21H23N3O3/c1-24(13-15-9-5-3-6-10-15)14-17-18(20(25)27-2)19(23-21(26)22-17)16-11-7-4-8-12-16/h3-12,19H,13-14H2,1-2H3,(H2,22,23,26). The van der Waals surface area contributed by atoms with Crippen LogP contribution in [0.2, 0.25) is 0 Å². The van der Waals surface area contributed by atoms with Crippen LogP contribution in [0.4, 0.5) is 4.79 Å². The first-order chi connectivity index (χ1) is 13.1. The van der Waals surface area contributed by atoms with Crippen LogP contribution in [0.15, 0.2) is 71.9 Å². The Morgan fingerprint density at radius 1 is 1.04 bits per heavy atom. The van der Waals surface area contributed by atoms with Gasteiger partial charge >= 0.3 is 12.0 Å². The molecule has 0 bridgehead atoms. The summed E-state index contributed by atoms with van der Waals surface area (Å²) in [6.45, 7) is 1.11. The summed E-state index contributed by atoms with van der Waals surface area (Å²) in [5.41, 5.74) is 2.96. The van der Waals surface area contributed by atoms with Crippen molar-refractivity contribution >= 4 is 12.0 Å². The number of carbonyl (C=O) groups excluding carboxylic acids is 2. The molecule has 3 rings (SSSR count). The number of amides is 2. The summed E-state index contributed by atoms with van der Waals surface area (Å²) in [5, 5.41) is 5.61. The molecular formula is C21H23N3O3. The van der Waals surface area contributed by atoms with Crippen LogP contribution >= 0.6 is 0 Å². The maximum Gasteiger partial charge on any atom is 0.338 e. The summed E-state index contributed by atoms with van der Waals surface area (Å²) in [5.74, 6) is -0.459. The van der Waals surface area contributed by atoms with E-state index in [1.165, 1.54) is 7.11 Å². The monoisotopic (exact) mass is 365 g/mol. The second kappa shape index (κ2) is 8.51. The van der Waals surface area contributed by atoms with Crippen molar-refractivity contribution in [3.05, 3.63) is 83.1 Å². The van der Waals surface area contributed by atoms with Gasteiger partial charge in [0.1, 0.15) is 0 Å². The number of ether oxygens (including phenoxy) is 1. The van der Waals surface area contributed by atoms with E-state index in [0.717, 1.165) is 11.1 Å². The Balaban J connectivity index is 1.91. The van der Waals surface area contributed by atoms with Crippen molar-refractivity contribution in [1.82, 2.24) is 15.5 Å². The van der Waals surface area contributed by atoms with E-state index >= 15 is 0 Å². The Morgan fingerprint density at radius 2 is 1.67 bits per heavy atom. The fraction of sp³-hybridized carbons (Fsp3) is 0.238. The highest BCUT2D eigenvalue weighted by molar-refractivity contribution is 5.95. The number of likely N-dealkylation sites (N-methyl/N-ethyl adjacent to an activating group) is 1. The Bertz CT molecular complexity index is 834. The van der Waals surface area contributed by atoms with Gasteiger partial charge in [-0.05, 0) is 18.2 Å². The molecule has 140 valence electrons. The average Bonchev–Trinajstić information content (AvgIpc) is 2.68. The minimum Gasteiger partial charge on any atom is -0.466 e. The molecule has 1 aliphatic heterocycles. The van der Waals surface area contributed by atoms with Gasteiger partial charge in [-0.15, -0.1) is 0 Å². The van der Waals surface area contributed by atoms with Crippen molar-refractivity contribution in [1.29, 1.82) is 0 Å². The lowest BCUT2D eigenvalue weighted by atomic mass is 9.95. The molecule has 0 aromatic heterocycles. The number of urea groups is 1. The largest absolute Gasteiger partial charge is 0.466 e. The quantitative estimate of drug-likeness (QED) is 0.772. The summed E-state index contributed by atoms with van der Waals surface area (Å²) in [4.78, 5) is 26.8. The van der Waals surface area contributed by atoms with Crippen molar-refractivity contribution in [3.8, 4) is 0 Å². The molecule has 27 heavy (non-hydrogen) atoms. The molecule has 0 aliphatic carbocycles. The number of rotatable bonds is 6. The fourth-order valence-electron chi connectivity index (χ4n) is 3.21. The second-order valence-electron chi connectivity index (χ2n) is 6.48. The molecule has 6 nitrogen and oxygen atoms in total. The van der Waals surface area contributed by atoms with E-state index in [4.69, 9.17) is 4.74 Å². The van der Waals surface area contributed by atoms with E-state index in [1.807, 2.05) is 72.6 Å². The van der Waals surface area contributed by atoms with Gasteiger partial charge in [-0.25, -0.2) is 9.59 Å². The van der Waals surface area contributed by atoms with Gasteiger partial charge in [0.05, 0.1) is 18.7 Å². The molecule has 0 radical (unpaired) electrons. The third-order valence-electron chi connectivity index (χ3n) is 4.42. The molecule has 6 heteroatoms. The summed E-state index contributed by atoms with van der Waals surface area (Å²) in [6.07, 6.45) is 0. The van der Waals surface area contributed by atoms with Crippen molar-refractivity contribution in [3.63, 3.8) is 0 Å². The van der Waals surface area contributed by atoms with Crippen molar-refractivity contribution in [2.24, 2.45) is 0 Å². The molecule has 2 amide bonds. The number of benzene rings is 2. The predicted octanol–water partition coefficient (Wildman–Crippen LogP) is 2.60. The lowest BCUT2D eigenvalue weighted by Crippen LogP contribution is -2.48. The molecule has 1 aliphatic rings. The maximum atomic E-state index is 12.5. The lowest BCUT2D eigenvalue weighted by Gasteiger charge is -2.31. The molecule has 0 saturated carbocycles. The molecule has 2 aromatic carbocycles. The number of hydrogen-bond acceptors (Lipinski definition) is 4. The highest BCUT2D eigenvalue weighted by Gasteiger charge is 2.33. The van der Waals surface area contributed by atoms with Gasteiger partial charge < -0.3 is 15.4 Å². The number of esters is 1. The fourth-order valence-corrected chi connectivity index (χ4v) is 3.21. The van der Waals surface area contributed by atoms with E-state index in [9.17, 15) is 9.59 Å². The van der Waals surface area contributed by atoms with Crippen molar-refractivity contribution in [2.45, 2.75) is 12.6 Å². The summed E-state index contributed by atoms with van der Waals surface area (Å²) in [7, 11) is 3.29. The van der Waals surface area contributed by atoms with Gasteiger partial charge in [-0.3, -0.25) is 4.90 Å². The third kappa shape index (κ3) is 4.54. The number of methoxy groups -OCH3 is 1. The zero-order valence-electron chi connectivity index (χ0n) is 15.4. The first-order valence-corrected chi connectivity index (χ1v) is 8.74. The average molecular weight is 365 g/mol. The van der Waals surface area contributed by atoms with Crippen LogP contribution in [0, 0.1) is 0 Å². The molecule has 2 aromatic rings. The maximum absolute atomic E-state index is 12.5. The molecule has 0 spiro atoms. The van der Waals surface area contributed by atoms with Gasteiger partial charge in [0, 0.05) is 18.8 Å². The van der Waals surface area contributed by atoms with Crippen LogP contribution < -0.4 is 10.6 Å². The van der Waals surface area contributed by atoms with Crippen LogP contribution in [-0.4, -0.2) is 37.6 Å². The smallest absolute Gasteiger partial charge is 0.338 e. The minimum atomic E-state index is -0.549. The van der Waals surface area contributed by atoms with E-state index in [2.05, 4.69) is 10.6 Å². The second-order valence-corrected chi connectivity index (χ2v) is 6.48. The van der Waals surface area contributed by atoms with Gasteiger partial charge in [0.25, 0.3) is 0 Å². The third-order valence-corrected chi connectivity index (χ3v) is 4.42. The number of nitrogens with one attached hydrogen (secondary N) is 2. The normalized spacial score (nSPS) is 16.7. The number of hydrogen-bond donors (Lipinski definition) is 2. The van der Waals surface area contributed by atoms with Crippen LogP contribution in [0.25, 0.3) is 0 Å². The first kappa shape index (κ1) is 18.7. The van der Waals surface area contributed by atoms with Crippen LogP contribution in [0.3, 0.4) is 0 Å². The SMILES string of the molecule is COC(=O)C1=C(CN(C)Cc2ccccc2)NC(=O)NC1c1ccccc1. The number of carbonyl (C=O) groups is 2. The Hall–Kier alpha value is -3.12. The minimum absolute atomic E-state index is 0.334. The number of nitrogens with zero attached hydrogens (tertiary/aromatic N) is 1. The summed E-state index contributed by atoms with van der Waals surface area (Å²) < 4.78 is 5.00. The molecular weight excluding hydrogens is 342 g/mol. The molecule has 0 saturated heterocycles. The van der Waals surface area contributed by atoms with Crippen molar-refractivity contribution in [2.75, 3.05) is 20.7 Å². The summed E-state index contributed by atoms with van der Waals surface area (Å²) >= 11 is 0. The first-order valence-electron chi connectivity index (χ1n) is 8.74. The molecule has 2 N–H and O–H groups in total. The topological polar surface area (TPSA) is 70.7 Å². The van der Waals surface area contributed by atoms with Crippen LogP contribution in [0.5, 0.6) is 0 Å². The summed E-state index contributed by atoms with van der Waals surface area (Å²) in [6, 6.07) is 18.5. The Labute approximate surface area is 158 Å². The van der Waals surface area contributed by atoms with Gasteiger partial charge in [-0.1, -0.05) is 60.7 Å².